The van der Waals surface area contributed by atoms with Gasteiger partial charge in [0.05, 0.1) is 0 Å². The molecule has 3 N–H and O–H groups in total. The smallest absolute Gasteiger partial charge is 0.342 e. The van der Waals surface area contributed by atoms with Crippen molar-refractivity contribution in [2.75, 3.05) is 59.5 Å². The van der Waals surface area contributed by atoms with E-state index in [1.54, 1.807) is 72.8 Å². The zero-order valence-corrected chi connectivity index (χ0v) is 46.9. The first-order chi connectivity index (χ1) is 41.8. The van der Waals surface area contributed by atoms with Gasteiger partial charge >= 0.3 is 17.9 Å². The van der Waals surface area contributed by atoms with Crippen molar-refractivity contribution in [1.29, 1.82) is 0 Å². The predicted molar refractivity (Wildman–Crippen MR) is 325 cm³/mol. The SMILES string of the molecule is C#CCOc1cc2ccccc2cc1C(=O)OCC(O)COc1ccc(C(C)(c2ccc(OCC(O)COC(=O)c3cc4ccccc4cc3OCC#C)cc2)c2ccc(OCC(O)COC(=O)c3cc4ccccc4cc3OCC#C)cc2)cc1. The standard InChI is InChI=1S/C71H60O15/c1-5-32-78-65-38-50-17-11-8-14-47(50)35-62(65)68(75)84-44-56(72)41-81-59-26-20-53(21-27-59)71(4,54-22-28-60(29-23-54)82-42-57(73)45-85-69(76)63-36-48-15-9-12-18-51(48)39-66(63)79-33-6-2)55-24-30-61(31-25-55)83-43-58(74)46-86-70(77)64-37-49-16-10-13-19-52(49)40-67(64)80-34-7-3/h1-3,8-31,35-40,56-58,72-74H,32-34,41-46H2,4H3. The molecule has 9 aromatic carbocycles. The van der Waals surface area contributed by atoms with Gasteiger partial charge in [-0.3, -0.25) is 0 Å². The summed E-state index contributed by atoms with van der Waals surface area (Å²) in [7, 11) is 0. The minimum absolute atomic E-state index is 0.0520. The molecular formula is C71H60O15. The van der Waals surface area contributed by atoms with E-state index in [9.17, 15) is 29.7 Å². The molecule has 434 valence electrons. The number of rotatable bonds is 27. The quantitative estimate of drug-likeness (QED) is 0.0190. The highest BCUT2D eigenvalue weighted by atomic mass is 16.6. The molecule has 0 aliphatic heterocycles. The topological polar surface area (TPSA) is 195 Å². The van der Waals surface area contributed by atoms with Crippen LogP contribution in [0.25, 0.3) is 32.3 Å². The monoisotopic (exact) mass is 1150 g/mol. The molecule has 0 amide bonds. The minimum atomic E-state index is -1.18. The van der Waals surface area contributed by atoms with Crippen LogP contribution in [0.3, 0.4) is 0 Å². The van der Waals surface area contributed by atoms with Crippen molar-refractivity contribution in [2.45, 2.75) is 30.7 Å². The van der Waals surface area contributed by atoms with Crippen LogP contribution in [-0.2, 0) is 19.6 Å². The second kappa shape index (κ2) is 28.7. The number of aliphatic hydroxyl groups is 3. The molecule has 86 heavy (non-hydrogen) atoms. The number of hydrogen-bond donors (Lipinski definition) is 3. The zero-order chi connectivity index (χ0) is 60.4. The highest BCUT2D eigenvalue weighted by Crippen LogP contribution is 2.41. The fourth-order valence-corrected chi connectivity index (χ4v) is 9.48. The number of hydrogen-bond acceptors (Lipinski definition) is 15. The summed E-state index contributed by atoms with van der Waals surface area (Å²) in [6.07, 6.45) is 12.7. The van der Waals surface area contributed by atoms with Gasteiger partial charge < -0.3 is 58.0 Å². The summed E-state index contributed by atoms with van der Waals surface area (Å²) in [5.74, 6) is 7.23. The van der Waals surface area contributed by atoms with Crippen molar-refractivity contribution in [3.8, 4) is 71.5 Å². The summed E-state index contributed by atoms with van der Waals surface area (Å²) in [6.45, 7) is 0.225. The summed E-state index contributed by atoms with van der Waals surface area (Å²) in [4.78, 5) is 39.8. The maximum absolute atomic E-state index is 13.3. The van der Waals surface area contributed by atoms with Crippen LogP contribution >= 0.6 is 0 Å². The molecule has 9 rings (SSSR count). The van der Waals surface area contributed by atoms with E-state index in [0.717, 1.165) is 49.0 Å². The lowest BCUT2D eigenvalue weighted by molar-refractivity contribution is 0.0125. The zero-order valence-electron chi connectivity index (χ0n) is 46.9. The Morgan fingerprint density at radius 2 is 0.616 bits per heavy atom. The Hall–Kier alpha value is -10.5. The third kappa shape index (κ3) is 15.0. The number of terminal acetylenes is 3. The van der Waals surface area contributed by atoms with Crippen LogP contribution in [0.15, 0.2) is 182 Å². The average Bonchev–Trinajstić information content (AvgIpc) is 1.50. The summed E-state index contributed by atoms with van der Waals surface area (Å²) < 4.78 is 51.4. The summed E-state index contributed by atoms with van der Waals surface area (Å²) >= 11 is 0. The number of fused-ring (bicyclic) bond motifs is 3. The van der Waals surface area contributed by atoms with Crippen LogP contribution in [0.1, 0.15) is 54.7 Å². The fourth-order valence-electron chi connectivity index (χ4n) is 9.48. The summed E-state index contributed by atoms with van der Waals surface area (Å²) in [6, 6.07) is 54.5. The van der Waals surface area contributed by atoms with Crippen LogP contribution in [0.5, 0.6) is 34.5 Å². The third-order valence-electron chi connectivity index (χ3n) is 14.0. The molecule has 0 heterocycles. The van der Waals surface area contributed by atoms with Gasteiger partial charge in [0.15, 0.2) is 0 Å². The molecule has 9 aromatic rings. The van der Waals surface area contributed by atoms with E-state index in [2.05, 4.69) is 17.8 Å². The number of carbonyl (C=O) groups is 3. The lowest BCUT2D eigenvalue weighted by Gasteiger charge is -2.32. The first-order valence-electron chi connectivity index (χ1n) is 27.4. The normalized spacial score (nSPS) is 12.7. The molecule has 0 spiro atoms. The van der Waals surface area contributed by atoms with Crippen molar-refractivity contribution in [2.24, 2.45) is 0 Å². The highest BCUT2D eigenvalue weighted by molar-refractivity contribution is 6.00. The van der Waals surface area contributed by atoms with Crippen molar-refractivity contribution in [3.05, 3.63) is 215 Å². The van der Waals surface area contributed by atoms with Crippen LogP contribution in [0, 0.1) is 37.0 Å². The Labute approximate surface area is 497 Å². The maximum Gasteiger partial charge on any atom is 0.342 e. The van der Waals surface area contributed by atoms with Gasteiger partial charge in [-0.25, -0.2) is 14.4 Å². The number of ether oxygens (including phenoxy) is 9. The van der Waals surface area contributed by atoms with Gasteiger partial charge in [-0.2, -0.15) is 0 Å². The Bertz CT molecular complexity index is 3560. The van der Waals surface area contributed by atoms with Crippen LogP contribution in [0.2, 0.25) is 0 Å². The highest BCUT2D eigenvalue weighted by Gasteiger charge is 2.32. The number of benzene rings is 9. The Kier molecular flexibility index (Phi) is 20.1. The van der Waals surface area contributed by atoms with E-state index in [0.29, 0.717) is 17.2 Å². The maximum atomic E-state index is 13.3. The molecule has 3 atom stereocenters. The van der Waals surface area contributed by atoms with Crippen LogP contribution in [-0.4, -0.2) is 111 Å². The molecule has 0 bridgehead atoms. The van der Waals surface area contributed by atoms with E-state index in [1.165, 1.54) is 0 Å². The summed E-state index contributed by atoms with van der Waals surface area (Å²) in [5, 5.41) is 37.6. The van der Waals surface area contributed by atoms with Crippen molar-refractivity contribution >= 4 is 50.2 Å². The molecule has 0 saturated carbocycles. The lowest BCUT2D eigenvalue weighted by atomic mass is 9.71. The predicted octanol–water partition coefficient (Wildman–Crippen LogP) is 10.3. The minimum Gasteiger partial charge on any atom is -0.491 e. The molecule has 0 radical (unpaired) electrons. The first kappa shape index (κ1) is 60.1. The van der Waals surface area contributed by atoms with Gasteiger partial charge in [0.2, 0.25) is 0 Å². The number of carbonyl (C=O) groups excluding carboxylic acids is 3. The first-order valence-corrected chi connectivity index (χ1v) is 27.4. The number of esters is 3. The van der Waals surface area contributed by atoms with E-state index in [-0.39, 0.29) is 93.4 Å². The van der Waals surface area contributed by atoms with Gasteiger partial charge in [0.25, 0.3) is 0 Å². The molecule has 0 aliphatic rings. The van der Waals surface area contributed by atoms with Crippen molar-refractivity contribution in [1.82, 2.24) is 0 Å². The second-order valence-electron chi connectivity index (χ2n) is 20.0. The molecule has 0 fully saturated rings. The Balaban J connectivity index is 0.855. The largest absolute Gasteiger partial charge is 0.491 e. The molecular weight excluding hydrogens is 1090 g/mol. The third-order valence-corrected chi connectivity index (χ3v) is 14.0. The van der Waals surface area contributed by atoms with Crippen molar-refractivity contribution in [3.63, 3.8) is 0 Å². The molecule has 0 saturated heterocycles. The average molecular weight is 1150 g/mol. The van der Waals surface area contributed by atoms with E-state index in [4.69, 9.17) is 61.9 Å². The second-order valence-corrected chi connectivity index (χ2v) is 20.0. The molecule has 15 heteroatoms. The van der Waals surface area contributed by atoms with Gasteiger partial charge in [0, 0.05) is 5.41 Å². The van der Waals surface area contributed by atoms with Gasteiger partial charge in [-0.05, 0) is 129 Å². The lowest BCUT2D eigenvalue weighted by Crippen LogP contribution is -2.27. The van der Waals surface area contributed by atoms with Crippen molar-refractivity contribution < 1.29 is 72.3 Å². The van der Waals surface area contributed by atoms with Gasteiger partial charge in [0.1, 0.15) is 129 Å². The van der Waals surface area contributed by atoms with Gasteiger partial charge in [-0.1, -0.05) is 127 Å². The molecule has 3 unspecified atom stereocenters. The van der Waals surface area contributed by atoms with E-state index >= 15 is 0 Å². The van der Waals surface area contributed by atoms with E-state index < -0.39 is 41.6 Å². The molecule has 0 aliphatic carbocycles. The number of aliphatic hydroxyl groups excluding tert-OH is 3. The molecule has 15 nitrogen and oxygen atoms in total. The molecule has 0 aromatic heterocycles. The Morgan fingerprint density at radius 1 is 0.372 bits per heavy atom. The van der Waals surface area contributed by atoms with Crippen LogP contribution in [0.4, 0.5) is 0 Å². The Morgan fingerprint density at radius 3 is 0.860 bits per heavy atom. The van der Waals surface area contributed by atoms with Crippen LogP contribution < -0.4 is 28.4 Å². The summed E-state index contributed by atoms with van der Waals surface area (Å²) in [5.41, 5.74) is 2.18. The van der Waals surface area contributed by atoms with Gasteiger partial charge in [-0.15, -0.1) is 19.3 Å². The van der Waals surface area contributed by atoms with E-state index in [1.807, 2.05) is 116 Å². The fraction of sp³-hybridized carbons (Fsp3) is 0.197.